The van der Waals surface area contributed by atoms with Crippen molar-refractivity contribution in [1.29, 1.82) is 0 Å². The van der Waals surface area contributed by atoms with E-state index in [1.165, 1.54) is 77.0 Å². The second-order valence-electron chi connectivity index (χ2n) is 6.31. The Labute approximate surface area is 160 Å². The van der Waals surface area contributed by atoms with Crippen LogP contribution in [0.5, 0.6) is 0 Å². The van der Waals surface area contributed by atoms with Crippen molar-refractivity contribution in [3.05, 3.63) is 0 Å². The molecule has 0 aliphatic heterocycles. The van der Waals surface area contributed by atoms with E-state index in [1.54, 1.807) is 0 Å². The molecule has 4 heteroatoms. The Balaban J connectivity index is 0. The van der Waals surface area contributed by atoms with E-state index in [1.807, 2.05) is 0 Å². The van der Waals surface area contributed by atoms with Gasteiger partial charge in [-0.3, -0.25) is 0 Å². The zero-order valence-corrected chi connectivity index (χ0v) is 17.1. The van der Waals surface area contributed by atoms with Crippen molar-refractivity contribution >= 4 is 5.97 Å². The fourth-order valence-electron chi connectivity index (χ4n) is 2.68. The van der Waals surface area contributed by atoms with Crippen molar-refractivity contribution in [3.63, 3.8) is 0 Å². The molecule has 1 atom stereocenters. The van der Waals surface area contributed by atoms with Gasteiger partial charge in [0.1, 0.15) is 0 Å². The van der Waals surface area contributed by atoms with E-state index in [-0.39, 0.29) is 29.6 Å². The van der Waals surface area contributed by atoms with E-state index in [0.717, 1.165) is 12.8 Å². The predicted octanol–water partition coefficient (Wildman–Crippen LogP) is 0.939. The molecule has 0 aliphatic rings. The average Bonchev–Trinajstić information content (AvgIpc) is 2.47. The molecule has 0 saturated heterocycles. The minimum absolute atomic E-state index is 0. The molecule has 0 radical (unpaired) electrons. The van der Waals surface area contributed by atoms with Gasteiger partial charge in [0.25, 0.3) is 0 Å². The quantitative estimate of drug-likeness (QED) is 0.340. The fraction of sp³-hybridized carbons (Fsp3) is 0.944. The predicted molar refractivity (Wildman–Crippen MR) is 87.9 cm³/mol. The van der Waals surface area contributed by atoms with E-state index in [0.29, 0.717) is 6.42 Å². The largest absolute Gasteiger partial charge is 1.00 e. The molecule has 0 aliphatic carbocycles. The number of hydrogen-bond donors (Lipinski definition) is 1. The molecule has 3 nitrogen and oxygen atoms in total. The van der Waals surface area contributed by atoms with Gasteiger partial charge in [-0.25, -0.2) is 0 Å². The van der Waals surface area contributed by atoms with Gasteiger partial charge in [-0.15, -0.1) is 0 Å². The molecule has 0 amide bonds. The second kappa shape index (κ2) is 19.5. The first-order valence-electron chi connectivity index (χ1n) is 9.15. The molecular weight excluding hydrogens is 285 g/mol. The molecule has 1 unspecified atom stereocenters. The number of carbonyl (C=O) groups is 1. The van der Waals surface area contributed by atoms with Crippen molar-refractivity contribution in [2.45, 2.75) is 109 Å². The van der Waals surface area contributed by atoms with Crippen LogP contribution in [0.25, 0.3) is 0 Å². The third-order valence-electron chi connectivity index (χ3n) is 4.17. The molecule has 0 bridgehead atoms. The van der Waals surface area contributed by atoms with Crippen molar-refractivity contribution in [2.75, 3.05) is 0 Å². The Kier molecular flexibility index (Phi) is 21.8. The molecular formula is C18H36NNaO2. The first-order valence-corrected chi connectivity index (χ1v) is 9.15. The normalized spacial score (nSPS) is 11.9. The smallest absolute Gasteiger partial charge is 0.548 e. The van der Waals surface area contributed by atoms with Crippen LogP contribution in [-0.2, 0) is 4.79 Å². The zero-order valence-electron chi connectivity index (χ0n) is 15.1. The van der Waals surface area contributed by atoms with Crippen molar-refractivity contribution in [3.8, 4) is 0 Å². The zero-order chi connectivity index (χ0) is 15.8. The Morgan fingerprint density at radius 3 is 1.41 bits per heavy atom. The topological polar surface area (TPSA) is 66.2 Å². The Morgan fingerprint density at radius 1 is 0.773 bits per heavy atom. The van der Waals surface area contributed by atoms with Crippen molar-refractivity contribution in [1.82, 2.24) is 0 Å². The van der Waals surface area contributed by atoms with Crippen LogP contribution in [0, 0.1) is 0 Å². The number of nitrogens with two attached hydrogens (primary N) is 1. The fourth-order valence-corrected chi connectivity index (χ4v) is 2.68. The monoisotopic (exact) mass is 321 g/mol. The number of aliphatic carboxylic acids is 1. The van der Waals surface area contributed by atoms with Gasteiger partial charge >= 0.3 is 29.6 Å². The molecule has 0 spiro atoms. The van der Waals surface area contributed by atoms with E-state index < -0.39 is 12.0 Å². The van der Waals surface area contributed by atoms with Gasteiger partial charge in [0.05, 0.1) is 5.97 Å². The summed E-state index contributed by atoms with van der Waals surface area (Å²) < 4.78 is 0. The minimum atomic E-state index is -1.12. The van der Waals surface area contributed by atoms with Gasteiger partial charge in [-0.05, 0) is 6.42 Å². The van der Waals surface area contributed by atoms with E-state index in [4.69, 9.17) is 5.73 Å². The molecule has 126 valence electrons. The van der Waals surface area contributed by atoms with Crippen LogP contribution in [0.3, 0.4) is 0 Å². The van der Waals surface area contributed by atoms with Crippen LogP contribution in [0.15, 0.2) is 0 Å². The molecule has 0 rings (SSSR count). The molecule has 0 heterocycles. The van der Waals surface area contributed by atoms with Crippen LogP contribution in [0.4, 0.5) is 0 Å². The summed E-state index contributed by atoms with van der Waals surface area (Å²) in [5.74, 6) is -1.12. The SMILES string of the molecule is CCCCCCCCCCCCCCCCC(N)C(=O)[O-].[Na+]. The molecule has 22 heavy (non-hydrogen) atoms. The summed E-state index contributed by atoms with van der Waals surface area (Å²) in [7, 11) is 0. The summed E-state index contributed by atoms with van der Waals surface area (Å²) in [5, 5.41) is 10.4. The summed E-state index contributed by atoms with van der Waals surface area (Å²) in [4.78, 5) is 10.4. The third-order valence-corrected chi connectivity index (χ3v) is 4.17. The van der Waals surface area contributed by atoms with Gasteiger partial charge < -0.3 is 15.6 Å². The van der Waals surface area contributed by atoms with Crippen LogP contribution in [0.2, 0.25) is 0 Å². The molecule has 0 saturated carbocycles. The maximum Gasteiger partial charge on any atom is 1.00 e. The maximum absolute atomic E-state index is 10.4. The first kappa shape index (κ1) is 24.7. The summed E-state index contributed by atoms with van der Waals surface area (Å²) in [6, 6.07) is -0.776. The number of hydrogen-bond acceptors (Lipinski definition) is 3. The second-order valence-corrected chi connectivity index (χ2v) is 6.31. The average molecular weight is 321 g/mol. The van der Waals surface area contributed by atoms with E-state index in [9.17, 15) is 9.90 Å². The Hall–Kier alpha value is 0.430. The van der Waals surface area contributed by atoms with Gasteiger partial charge in [0, 0.05) is 6.04 Å². The van der Waals surface area contributed by atoms with E-state index >= 15 is 0 Å². The van der Waals surface area contributed by atoms with Crippen molar-refractivity contribution < 1.29 is 39.5 Å². The third kappa shape index (κ3) is 18.5. The molecule has 0 aromatic rings. The maximum atomic E-state index is 10.4. The van der Waals surface area contributed by atoms with Crippen molar-refractivity contribution in [2.24, 2.45) is 5.73 Å². The van der Waals surface area contributed by atoms with Gasteiger partial charge in [-0.1, -0.05) is 96.8 Å². The van der Waals surface area contributed by atoms with Gasteiger partial charge in [0.2, 0.25) is 0 Å². The number of carbonyl (C=O) groups excluding carboxylic acids is 1. The molecule has 0 aromatic heterocycles. The van der Waals surface area contributed by atoms with Crippen LogP contribution in [0.1, 0.15) is 103 Å². The Morgan fingerprint density at radius 2 is 1.09 bits per heavy atom. The van der Waals surface area contributed by atoms with Gasteiger partial charge in [-0.2, -0.15) is 0 Å². The minimum Gasteiger partial charge on any atom is -0.548 e. The standard InChI is InChI=1S/C18H37NO2.Na/c1-2-3-4-5-6-7-8-9-10-11-12-13-14-15-16-17(19)18(20)21;/h17H,2-16,19H2,1H3,(H,20,21);/q;+1/p-1. The Bertz CT molecular complexity index is 237. The molecule has 0 fully saturated rings. The summed E-state index contributed by atoms with van der Waals surface area (Å²) >= 11 is 0. The summed E-state index contributed by atoms with van der Waals surface area (Å²) in [6.45, 7) is 2.26. The van der Waals surface area contributed by atoms with Crippen LogP contribution >= 0.6 is 0 Å². The van der Waals surface area contributed by atoms with Crippen LogP contribution < -0.4 is 40.4 Å². The van der Waals surface area contributed by atoms with Crippen LogP contribution in [-0.4, -0.2) is 12.0 Å². The number of rotatable bonds is 16. The first-order chi connectivity index (χ1) is 10.2. The number of carboxylic acids is 1. The molecule has 2 N–H and O–H groups in total. The van der Waals surface area contributed by atoms with E-state index in [2.05, 4.69) is 6.92 Å². The van der Waals surface area contributed by atoms with Gasteiger partial charge in [0.15, 0.2) is 0 Å². The molecule has 0 aromatic carbocycles. The number of unbranched alkanes of at least 4 members (excludes halogenated alkanes) is 13. The summed E-state index contributed by atoms with van der Waals surface area (Å²) in [5.41, 5.74) is 5.40. The number of carboxylic acid groups (broad SMARTS) is 1. The summed E-state index contributed by atoms with van der Waals surface area (Å²) in [6.07, 6.45) is 18.9.